The highest BCUT2D eigenvalue weighted by atomic mass is 32.1. The lowest BCUT2D eigenvalue weighted by atomic mass is 10.2. The Bertz CT molecular complexity index is 918. The summed E-state index contributed by atoms with van der Waals surface area (Å²) in [5, 5.41) is 4.86. The summed E-state index contributed by atoms with van der Waals surface area (Å²) < 4.78 is 5.54. The van der Waals surface area contributed by atoms with E-state index in [4.69, 9.17) is 4.74 Å². The van der Waals surface area contributed by atoms with E-state index < -0.39 is 0 Å². The fourth-order valence-electron chi connectivity index (χ4n) is 2.40. The van der Waals surface area contributed by atoms with Crippen LogP contribution in [0.1, 0.15) is 34.3 Å². The minimum Gasteiger partial charge on any atom is -0.494 e. The first-order chi connectivity index (χ1) is 13.2. The van der Waals surface area contributed by atoms with Gasteiger partial charge in [-0.1, -0.05) is 37.3 Å². The van der Waals surface area contributed by atoms with Crippen molar-refractivity contribution in [3.63, 3.8) is 0 Å². The van der Waals surface area contributed by atoms with Crippen LogP contribution in [0.25, 0.3) is 10.6 Å². The lowest BCUT2D eigenvalue weighted by Crippen LogP contribution is -2.18. The van der Waals surface area contributed by atoms with Crippen LogP contribution in [-0.2, 0) is 0 Å². The Labute approximate surface area is 162 Å². The summed E-state index contributed by atoms with van der Waals surface area (Å²) in [6.45, 7) is 4.65. The highest BCUT2D eigenvalue weighted by Gasteiger charge is 2.15. The van der Waals surface area contributed by atoms with Crippen molar-refractivity contribution in [2.45, 2.75) is 20.3 Å². The van der Waals surface area contributed by atoms with E-state index in [0.717, 1.165) is 33.2 Å². The maximum Gasteiger partial charge on any atom is 0.291 e. The second-order valence-electron chi connectivity index (χ2n) is 5.91. The summed E-state index contributed by atoms with van der Waals surface area (Å²) in [6, 6.07) is 17.4. The molecule has 27 heavy (non-hydrogen) atoms. The molecule has 0 fully saturated rings. The molecular weight excluding hydrogens is 358 g/mol. The Hall–Kier alpha value is -2.99. The number of nitrogens with one attached hydrogen (secondary N) is 1. The Morgan fingerprint density at radius 3 is 2.63 bits per heavy atom. The van der Waals surface area contributed by atoms with Crippen LogP contribution in [0.4, 0.5) is 0 Å². The van der Waals surface area contributed by atoms with Crippen molar-refractivity contribution in [1.82, 2.24) is 10.4 Å². The van der Waals surface area contributed by atoms with E-state index in [9.17, 15) is 4.79 Å². The monoisotopic (exact) mass is 379 g/mol. The third-order valence-electron chi connectivity index (χ3n) is 3.77. The molecule has 6 heteroatoms. The SMILES string of the molecule is CCCOc1ccc(/C=N\NC(=O)c2nc(-c3ccccc3)sc2C)cc1. The smallest absolute Gasteiger partial charge is 0.291 e. The molecule has 1 heterocycles. The molecule has 1 N–H and O–H groups in total. The highest BCUT2D eigenvalue weighted by molar-refractivity contribution is 7.15. The van der Waals surface area contributed by atoms with Crippen molar-refractivity contribution in [3.8, 4) is 16.3 Å². The van der Waals surface area contributed by atoms with Gasteiger partial charge in [0, 0.05) is 10.4 Å². The molecule has 0 radical (unpaired) electrons. The van der Waals surface area contributed by atoms with Crippen LogP contribution >= 0.6 is 11.3 Å². The molecule has 5 nitrogen and oxygen atoms in total. The molecule has 1 aromatic heterocycles. The molecule has 0 atom stereocenters. The van der Waals surface area contributed by atoms with Crippen molar-refractivity contribution in [2.75, 3.05) is 6.61 Å². The van der Waals surface area contributed by atoms with E-state index in [1.165, 1.54) is 11.3 Å². The van der Waals surface area contributed by atoms with E-state index in [-0.39, 0.29) is 5.91 Å². The molecule has 1 amide bonds. The summed E-state index contributed by atoms with van der Waals surface area (Å²) in [5.74, 6) is 0.509. The van der Waals surface area contributed by atoms with E-state index in [2.05, 4.69) is 22.4 Å². The standard InChI is InChI=1S/C21H21N3O2S/c1-3-13-26-18-11-9-16(10-12-18)14-22-24-20(25)19-15(2)27-21(23-19)17-7-5-4-6-8-17/h4-12,14H,3,13H2,1-2H3,(H,24,25)/b22-14-. The number of rotatable bonds is 7. The molecule has 0 aliphatic carbocycles. The third kappa shape index (κ3) is 5.01. The van der Waals surface area contributed by atoms with E-state index in [1.807, 2.05) is 61.5 Å². The maximum absolute atomic E-state index is 12.4. The van der Waals surface area contributed by atoms with Gasteiger partial charge in [0.15, 0.2) is 0 Å². The van der Waals surface area contributed by atoms with Gasteiger partial charge in [0.25, 0.3) is 5.91 Å². The Morgan fingerprint density at radius 1 is 1.19 bits per heavy atom. The number of benzene rings is 2. The van der Waals surface area contributed by atoms with E-state index >= 15 is 0 Å². The van der Waals surface area contributed by atoms with Crippen LogP contribution in [0.15, 0.2) is 59.7 Å². The van der Waals surface area contributed by atoms with Crippen LogP contribution in [0.5, 0.6) is 5.75 Å². The Balaban J connectivity index is 1.62. The lowest BCUT2D eigenvalue weighted by molar-refractivity contribution is 0.0950. The van der Waals surface area contributed by atoms with Gasteiger partial charge in [0.1, 0.15) is 16.5 Å². The Morgan fingerprint density at radius 2 is 1.93 bits per heavy atom. The minimum atomic E-state index is -0.315. The first-order valence-electron chi connectivity index (χ1n) is 8.76. The predicted molar refractivity (Wildman–Crippen MR) is 110 cm³/mol. The fraction of sp³-hybridized carbons (Fsp3) is 0.190. The number of thiazole rings is 1. The number of hydrazone groups is 1. The summed E-state index contributed by atoms with van der Waals surface area (Å²) in [7, 11) is 0. The van der Waals surface area contributed by atoms with Crippen molar-refractivity contribution >= 4 is 23.5 Å². The number of carbonyl (C=O) groups excluding carboxylic acids is 1. The van der Waals surface area contributed by atoms with Gasteiger partial charge in [-0.25, -0.2) is 10.4 Å². The van der Waals surface area contributed by atoms with Gasteiger partial charge in [-0.15, -0.1) is 11.3 Å². The molecule has 0 saturated heterocycles. The second-order valence-corrected chi connectivity index (χ2v) is 7.11. The number of hydrogen-bond donors (Lipinski definition) is 1. The predicted octanol–water partition coefficient (Wildman–Crippen LogP) is 4.67. The van der Waals surface area contributed by atoms with Crippen LogP contribution in [0, 0.1) is 6.92 Å². The molecule has 0 aliphatic heterocycles. The van der Waals surface area contributed by atoms with Gasteiger partial charge in [0.2, 0.25) is 0 Å². The quantitative estimate of drug-likeness (QED) is 0.479. The minimum absolute atomic E-state index is 0.315. The Kier molecular flexibility index (Phi) is 6.33. The summed E-state index contributed by atoms with van der Waals surface area (Å²) in [4.78, 5) is 17.7. The molecular formula is C21H21N3O2S. The van der Waals surface area contributed by atoms with Gasteiger partial charge in [-0.3, -0.25) is 4.79 Å². The van der Waals surface area contributed by atoms with Gasteiger partial charge in [-0.2, -0.15) is 5.10 Å². The van der Waals surface area contributed by atoms with E-state index in [0.29, 0.717) is 12.3 Å². The third-order valence-corrected chi connectivity index (χ3v) is 4.78. The number of amides is 1. The van der Waals surface area contributed by atoms with Crippen molar-refractivity contribution in [3.05, 3.63) is 70.7 Å². The van der Waals surface area contributed by atoms with Gasteiger partial charge in [-0.05, 0) is 43.2 Å². The molecule has 0 spiro atoms. The van der Waals surface area contributed by atoms with Crippen LogP contribution in [-0.4, -0.2) is 23.7 Å². The first kappa shape index (κ1) is 18.8. The lowest BCUT2D eigenvalue weighted by Gasteiger charge is -2.03. The molecule has 3 rings (SSSR count). The largest absolute Gasteiger partial charge is 0.494 e. The van der Waals surface area contributed by atoms with Crippen LogP contribution in [0.3, 0.4) is 0 Å². The average molecular weight is 379 g/mol. The fourth-order valence-corrected chi connectivity index (χ4v) is 3.32. The molecule has 138 valence electrons. The zero-order valence-corrected chi connectivity index (χ0v) is 16.1. The first-order valence-corrected chi connectivity index (χ1v) is 9.58. The molecule has 0 bridgehead atoms. The second kappa shape index (κ2) is 9.09. The molecule has 0 aliphatic rings. The zero-order chi connectivity index (χ0) is 19.1. The van der Waals surface area contributed by atoms with Crippen LogP contribution in [0.2, 0.25) is 0 Å². The number of carbonyl (C=O) groups is 1. The maximum atomic E-state index is 12.4. The summed E-state index contributed by atoms with van der Waals surface area (Å²) in [5.41, 5.74) is 4.82. The normalized spacial score (nSPS) is 10.9. The molecule has 2 aromatic carbocycles. The van der Waals surface area contributed by atoms with Gasteiger partial charge < -0.3 is 4.74 Å². The van der Waals surface area contributed by atoms with Crippen molar-refractivity contribution in [1.29, 1.82) is 0 Å². The zero-order valence-electron chi connectivity index (χ0n) is 15.3. The average Bonchev–Trinajstić information content (AvgIpc) is 3.10. The van der Waals surface area contributed by atoms with E-state index in [1.54, 1.807) is 6.21 Å². The number of nitrogens with zero attached hydrogens (tertiary/aromatic N) is 2. The molecule has 0 saturated carbocycles. The number of aromatic nitrogens is 1. The molecule has 0 unspecified atom stereocenters. The summed E-state index contributed by atoms with van der Waals surface area (Å²) in [6.07, 6.45) is 2.57. The van der Waals surface area contributed by atoms with Crippen LogP contribution < -0.4 is 10.2 Å². The molecule has 3 aromatic rings. The topological polar surface area (TPSA) is 63.6 Å². The highest BCUT2D eigenvalue weighted by Crippen LogP contribution is 2.27. The number of aryl methyl sites for hydroxylation is 1. The number of hydrogen-bond acceptors (Lipinski definition) is 5. The summed E-state index contributed by atoms with van der Waals surface area (Å²) >= 11 is 1.50. The van der Waals surface area contributed by atoms with Crippen molar-refractivity contribution in [2.24, 2.45) is 5.10 Å². The number of ether oxygens (including phenoxy) is 1. The van der Waals surface area contributed by atoms with Crippen molar-refractivity contribution < 1.29 is 9.53 Å². The van der Waals surface area contributed by atoms with Gasteiger partial charge in [0.05, 0.1) is 12.8 Å². The van der Waals surface area contributed by atoms with Gasteiger partial charge >= 0.3 is 0 Å².